The molecule has 0 spiro atoms. The molecule has 0 aromatic heterocycles. The van der Waals surface area contributed by atoms with Gasteiger partial charge in [0.15, 0.2) is 5.79 Å². The van der Waals surface area contributed by atoms with Crippen LogP contribution in [0.1, 0.15) is 34.1 Å². The monoisotopic (exact) mass is 216 g/mol. The van der Waals surface area contributed by atoms with Gasteiger partial charge in [-0.3, -0.25) is 4.79 Å². The number of aliphatic hydroxyl groups is 1. The second-order valence-corrected chi connectivity index (χ2v) is 4.76. The minimum absolute atomic E-state index is 0.0463. The van der Waals surface area contributed by atoms with Crippen molar-refractivity contribution in [3.63, 3.8) is 0 Å². The van der Waals surface area contributed by atoms with Crippen LogP contribution in [0.4, 0.5) is 0 Å². The van der Waals surface area contributed by atoms with Crippen LogP contribution in [0.5, 0.6) is 0 Å². The first-order valence-electron chi connectivity index (χ1n) is 5.34. The van der Waals surface area contributed by atoms with Crippen LogP contribution in [0.25, 0.3) is 0 Å². The molecule has 0 unspecified atom stereocenters. The van der Waals surface area contributed by atoms with Gasteiger partial charge in [-0.1, -0.05) is 13.8 Å². The number of carbonyl (C=O) groups excluding carboxylic acids is 1. The molecule has 4 heteroatoms. The standard InChI is InChI=1S/C11H20O4/c1-7(2)8(12)5-9(13)10-6-14-11(3,4)15-10/h7,9-10,13H,5-6H2,1-4H3/t9-,10+/m0/s1. The maximum Gasteiger partial charge on any atom is 0.163 e. The Hall–Kier alpha value is -0.450. The molecule has 0 aliphatic carbocycles. The summed E-state index contributed by atoms with van der Waals surface area (Å²) in [5.74, 6) is -0.641. The van der Waals surface area contributed by atoms with E-state index < -0.39 is 11.9 Å². The van der Waals surface area contributed by atoms with Crippen molar-refractivity contribution >= 4 is 5.78 Å². The Morgan fingerprint density at radius 1 is 1.53 bits per heavy atom. The van der Waals surface area contributed by atoms with Crippen molar-refractivity contribution in [2.24, 2.45) is 5.92 Å². The number of Topliss-reactive ketones (excluding diaryl/α,β-unsaturated/α-hetero) is 1. The molecule has 1 rings (SSSR count). The van der Waals surface area contributed by atoms with Crippen LogP contribution in [0.3, 0.4) is 0 Å². The number of rotatable bonds is 4. The second kappa shape index (κ2) is 4.60. The van der Waals surface area contributed by atoms with Crippen molar-refractivity contribution in [2.45, 2.75) is 52.1 Å². The van der Waals surface area contributed by atoms with E-state index in [0.717, 1.165) is 0 Å². The molecular weight excluding hydrogens is 196 g/mol. The first kappa shape index (κ1) is 12.6. The lowest BCUT2D eigenvalue weighted by Crippen LogP contribution is -2.33. The highest BCUT2D eigenvalue weighted by atomic mass is 16.7. The molecular formula is C11H20O4. The second-order valence-electron chi connectivity index (χ2n) is 4.76. The van der Waals surface area contributed by atoms with Gasteiger partial charge in [0.05, 0.1) is 12.7 Å². The van der Waals surface area contributed by atoms with E-state index in [9.17, 15) is 9.90 Å². The SMILES string of the molecule is CC(C)C(=O)C[C@H](O)[C@H]1COC(C)(C)O1. The predicted molar refractivity (Wildman–Crippen MR) is 55.4 cm³/mol. The van der Waals surface area contributed by atoms with Gasteiger partial charge in [0, 0.05) is 12.3 Å². The van der Waals surface area contributed by atoms with E-state index in [1.54, 1.807) is 13.8 Å². The molecule has 1 aliphatic rings. The largest absolute Gasteiger partial charge is 0.390 e. The molecule has 88 valence electrons. The molecule has 1 N–H and O–H groups in total. The molecule has 0 bridgehead atoms. The first-order valence-corrected chi connectivity index (χ1v) is 5.34. The van der Waals surface area contributed by atoms with Gasteiger partial charge in [0.25, 0.3) is 0 Å². The molecule has 1 heterocycles. The lowest BCUT2D eigenvalue weighted by atomic mass is 10.0. The molecule has 15 heavy (non-hydrogen) atoms. The zero-order chi connectivity index (χ0) is 11.6. The Morgan fingerprint density at radius 2 is 2.13 bits per heavy atom. The highest BCUT2D eigenvalue weighted by Gasteiger charge is 2.37. The molecule has 1 saturated heterocycles. The first-order chi connectivity index (χ1) is 6.82. The molecule has 0 radical (unpaired) electrons. The van der Waals surface area contributed by atoms with Crippen LogP contribution in [0.15, 0.2) is 0 Å². The minimum atomic E-state index is -0.762. The van der Waals surface area contributed by atoms with Gasteiger partial charge in [0.2, 0.25) is 0 Å². The average Bonchev–Trinajstić information content (AvgIpc) is 2.45. The van der Waals surface area contributed by atoms with Crippen LogP contribution in [0, 0.1) is 5.92 Å². The van der Waals surface area contributed by atoms with Crippen molar-refractivity contribution in [1.29, 1.82) is 0 Å². The van der Waals surface area contributed by atoms with Crippen molar-refractivity contribution < 1.29 is 19.4 Å². The Balaban J connectivity index is 2.42. The fourth-order valence-corrected chi connectivity index (χ4v) is 1.48. The molecule has 1 aliphatic heterocycles. The Kier molecular flexibility index (Phi) is 3.87. The molecule has 1 fully saturated rings. The van der Waals surface area contributed by atoms with Gasteiger partial charge in [-0.15, -0.1) is 0 Å². The van der Waals surface area contributed by atoms with E-state index in [1.165, 1.54) is 0 Å². The molecule has 0 aromatic rings. The molecule has 2 atom stereocenters. The summed E-state index contributed by atoms with van der Waals surface area (Å²) in [6, 6.07) is 0. The van der Waals surface area contributed by atoms with E-state index in [4.69, 9.17) is 9.47 Å². The number of carbonyl (C=O) groups is 1. The van der Waals surface area contributed by atoms with E-state index in [-0.39, 0.29) is 24.2 Å². The van der Waals surface area contributed by atoms with Gasteiger partial charge < -0.3 is 14.6 Å². The number of hydrogen-bond acceptors (Lipinski definition) is 4. The Bertz CT molecular complexity index is 235. The van der Waals surface area contributed by atoms with Gasteiger partial charge in [-0.05, 0) is 13.8 Å². The highest BCUT2D eigenvalue weighted by molar-refractivity contribution is 5.80. The van der Waals surface area contributed by atoms with Gasteiger partial charge in [0.1, 0.15) is 11.9 Å². The number of aliphatic hydroxyl groups excluding tert-OH is 1. The molecule has 0 amide bonds. The van der Waals surface area contributed by atoms with E-state index >= 15 is 0 Å². The van der Waals surface area contributed by atoms with Crippen molar-refractivity contribution in [2.75, 3.05) is 6.61 Å². The molecule has 0 saturated carbocycles. The van der Waals surface area contributed by atoms with E-state index in [0.29, 0.717) is 6.61 Å². The summed E-state index contributed by atoms with van der Waals surface area (Å²) in [6.07, 6.45) is -1.01. The van der Waals surface area contributed by atoms with Crippen LogP contribution < -0.4 is 0 Å². The van der Waals surface area contributed by atoms with Gasteiger partial charge in [-0.2, -0.15) is 0 Å². The van der Waals surface area contributed by atoms with Crippen LogP contribution >= 0.6 is 0 Å². The highest BCUT2D eigenvalue weighted by Crippen LogP contribution is 2.25. The van der Waals surface area contributed by atoms with Crippen molar-refractivity contribution in [3.05, 3.63) is 0 Å². The normalized spacial score (nSPS) is 26.9. The van der Waals surface area contributed by atoms with E-state index in [2.05, 4.69) is 0 Å². The fourth-order valence-electron chi connectivity index (χ4n) is 1.48. The predicted octanol–water partition coefficient (Wildman–Crippen LogP) is 1.11. The third-order valence-corrected chi connectivity index (χ3v) is 2.51. The summed E-state index contributed by atoms with van der Waals surface area (Å²) < 4.78 is 10.8. The summed E-state index contributed by atoms with van der Waals surface area (Å²) in [5.41, 5.74) is 0. The Morgan fingerprint density at radius 3 is 2.53 bits per heavy atom. The summed E-state index contributed by atoms with van der Waals surface area (Å²) >= 11 is 0. The summed E-state index contributed by atoms with van der Waals surface area (Å²) in [6.45, 7) is 7.59. The van der Waals surface area contributed by atoms with Gasteiger partial charge >= 0.3 is 0 Å². The van der Waals surface area contributed by atoms with Crippen molar-refractivity contribution in [1.82, 2.24) is 0 Å². The molecule has 0 aromatic carbocycles. The minimum Gasteiger partial charge on any atom is -0.390 e. The number of ether oxygens (including phenoxy) is 2. The van der Waals surface area contributed by atoms with Crippen LogP contribution in [-0.2, 0) is 14.3 Å². The average molecular weight is 216 g/mol. The quantitative estimate of drug-likeness (QED) is 0.765. The maximum atomic E-state index is 11.4. The lowest BCUT2D eigenvalue weighted by molar-refractivity contribution is -0.153. The zero-order valence-electron chi connectivity index (χ0n) is 9.82. The third-order valence-electron chi connectivity index (χ3n) is 2.51. The summed E-state index contributed by atoms with van der Waals surface area (Å²) in [7, 11) is 0. The zero-order valence-corrected chi connectivity index (χ0v) is 9.82. The topological polar surface area (TPSA) is 55.8 Å². The lowest BCUT2D eigenvalue weighted by Gasteiger charge is -2.20. The Labute approximate surface area is 90.6 Å². The third kappa shape index (κ3) is 3.55. The van der Waals surface area contributed by atoms with Crippen LogP contribution in [0.2, 0.25) is 0 Å². The number of ketones is 1. The number of hydrogen-bond donors (Lipinski definition) is 1. The summed E-state index contributed by atoms with van der Waals surface area (Å²) in [5, 5.41) is 9.77. The molecule has 4 nitrogen and oxygen atoms in total. The van der Waals surface area contributed by atoms with E-state index in [1.807, 2.05) is 13.8 Å². The van der Waals surface area contributed by atoms with Crippen LogP contribution in [-0.4, -0.2) is 35.5 Å². The smallest absolute Gasteiger partial charge is 0.163 e. The maximum absolute atomic E-state index is 11.4. The fraction of sp³-hybridized carbons (Fsp3) is 0.909. The summed E-state index contributed by atoms with van der Waals surface area (Å²) in [4.78, 5) is 11.4. The van der Waals surface area contributed by atoms with Gasteiger partial charge in [-0.25, -0.2) is 0 Å². The van der Waals surface area contributed by atoms with Crippen molar-refractivity contribution in [3.8, 4) is 0 Å².